The largest absolute Gasteiger partial charge is 0.335 e. The first-order valence-corrected chi connectivity index (χ1v) is 10.1. The van der Waals surface area contributed by atoms with E-state index < -0.39 is 9.84 Å². The number of benzene rings is 1. The van der Waals surface area contributed by atoms with Gasteiger partial charge in [-0.05, 0) is 38.8 Å². The molecule has 1 aliphatic rings. The Hall–Kier alpha value is -2.35. The fourth-order valence-corrected chi connectivity index (χ4v) is 4.35. The lowest BCUT2D eigenvalue weighted by Crippen LogP contribution is -2.42. The molecular weight excluding hydrogens is 340 g/mol. The number of aromatic nitrogens is 2. The van der Waals surface area contributed by atoms with Gasteiger partial charge in [-0.3, -0.25) is 5.32 Å². The van der Waals surface area contributed by atoms with Gasteiger partial charge in [0.2, 0.25) is 0 Å². The zero-order valence-corrected chi connectivity index (χ0v) is 15.1. The van der Waals surface area contributed by atoms with Gasteiger partial charge >= 0.3 is 6.03 Å². The molecule has 0 spiro atoms. The minimum Gasteiger partial charge on any atom is -0.335 e. The van der Waals surface area contributed by atoms with E-state index in [4.69, 9.17) is 0 Å². The number of anilines is 1. The van der Waals surface area contributed by atoms with Crippen molar-refractivity contribution < 1.29 is 13.2 Å². The van der Waals surface area contributed by atoms with E-state index in [0.717, 1.165) is 11.4 Å². The lowest BCUT2D eigenvalue weighted by molar-refractivity contribution is 0.247. The average Bonchev–Trinajstić information content (AvgIpc) is 2.90. The zero-order valence-electron chi connectivity index (χ0n) is 14.3. The first-order valence-electron chi connectivity index (χ1n) is 8.24. The molecule has 25 heavy (non-hydrogen) atoms. The van der Waals surface area contributed by atoms with Crippen LogP contribution in [0.5, 0.6) is 0 Å². The predicted octanol–water partition coefficient (Wildman–Crippen LogP) is 2.19. The fraction of sp³-hybridized carbons (Fsp3) is 0.412. The van der Waals surface area contributed by atoms with E-state index in [2.05, 4.69) is 15.7 Å². The maximum absolute atomic E-state index is 12.1. The van der Waals surface area contributed by atoms with Crippen LogP contribution in [0.3, 0.4) is 0 Å². The Morgan fingerprint density at radius 3 is 2.44 bits per heavy atom. The summed E-state index contributed by atoms with van der Waals surface area (Å²) in [5, 5.41) is 9.95. The van der Waals surface area contributed by atoms with Crippen molar-refractivity contribution in [2.75, 3.05) is 16.8 Å². The lowest BCUT2D eigenvalue weighted by Gasteiger charge is -2.22. The fourth-order valence-electron chi connectivity index (χ4n) is 2.86. The number of urea groups is 1. The van der Waals surface area contributed by atoms with Gasteiger partial charge in [0, 0.05) is 17.8 Å². The Balaban J connectivity index is 1.62. The molecule has 2 N–H and O–H groups in total. The second-order valence-corrected chi connectivity index (χ2v) is 8.75. The molecule has 1 aliphatic heterocycles. The SMILES string of the molecule is Cc1ccc(-n2nc(NC(=O)NC3CCS(=O)(=O)CC3)cc2C)cc1. The van der Waals surface area contributed by atoms with Gasteiger partial charge in [-0.25, -0.2) is 17.9 Å². The molecule has 0 bridgehead atoms. The van der Waals surface area contributed by atoms with Gasteiger partial charge in [0.1, 0.15) is 9.84 Å². The van der Waals surface area contributed by atoms with E-state index in [9.17, 15) is 13.2 Å². The topological polar surface area (TPSA) is 93.1 Å². The summed E-state index contributed by atoms with van der Waals surface area (Å²) in [6.07, 6.45) is 0.902. The van der Waals surface area contributed by atoms with Gasteiger partial charge in [0.15, 0.2) is 5.82 Å². The smallest absolute Gasteiger partial charge is 0.320 e. The van der Waals surface area contributed by atoms with E-state index >= 15 is 0 Å². The number of aryl methyl sites for hydroxylation is 2. The number of hydrogen-bond acceptors (Lipinski definition) is 4. The highest BCUT2D eigenvalue weighted by atomic mass is 32.2. The summed E-state index contributed by atoms with van der Waals surface area (Å²) >= 11 is 0. The van der Waals surface area contributed by atoms with Crippen molar-refractivity contribution in [3.05, 3.63) is 41.6 Å². The highest BCUT2D eigenvalue weighted by molar-refractivity contribution is 7.91. The number of amides is 2. The molecule has 3 rings (SSSR count). The standard InChI is InChI=1S/C17H22N4O3S/c1-12-3-5-15(6-4-12)21-13(2)11-16(20-21)19-17(22)18-14-7-9-25(23,24)10-8-14/h3-6,11,14H,7-10H2,1-2H3,(H2,18,19,20,22). The number of nitrogens with one attached hydrogen (secondary N) is 2. The maximum Gasteiger partial charge on any atom is 0.320 e. The molecule has 0 unspecified atom stereocenters. The molecular formula is C17H22N4O3S. The number of rotatable bonds is 3. The Morgan fingerprint density at radius 1 is 1.16 bits per heavy atom. The van der Waals surface area contributed by atoms with Gasteiger partial charge in [0.25, 0.3) is 0 Å². The maximum atomic E-state index is 12.1. The van der Waals surface area contributed by atoms with Crippen LogP contribution in [0, 0.1) is 13.8 Å². The first kappa shape index (κ1) is 17.5. The quantitative estimate of drug-likeness (QED) is 0.875. The van der Waals surface area contributed by atoms with Crippen molar-refractivity contribution in [2.24, 2.45) is 0 Å². The minimum absolute atomic E-state index is 0.121. The zero-order chi connectivity index (χ0) is 18.0. The Morgan fingerprint density at radius 2 is 1.80 bits per heavy atom. The van der Waals surface area contributed by atoms with E-state index in [1.807, 2.05) is 38.1 Å². The van der Waals surface area contributed by atoms with Crippen LogP contribution in [-0.4, -0.2) is 41.8 Å². The van der Waals surface area contributed by atoms with Crippen LogP contribution in [0.25, 0.3) is 5.69 Å². The van der Waals surface area contributed by atoms with Crippen LogP contribution in [0.1, 0.15) is 24.1 Å². The third-order valence-corrected chi connectivity index (χ3v) is 6.01. The number of carbonyl (C=O) groups excluding carboxylic acids is 1. The average molecular weight is 362 g/mol. The summed E-state index contributed by atoms with van der Waals surface area (Å²) in [5.74, 6) is 0.706. The van der Waals surface area contributed by atoms with Crippen molar-refractivity contribution in [1.82, 2.24) is 15.1 Å². The molecule has 7 nitrogen and oxygen atoms in total. The Bertz CT molecular complexity index is 858. The highest BCUT2D eigenvalue weighted by Gasteiger charge is 2.24. The predicted molar refractivity (Wildman–Crippen MR) is 96.9 cm³/mol. The monoisotopic (exact) mass is 362 g/mol. The second-order valence-electron chi connectivity index (χ2n) is 6.44. The van der Waals surface area contributed by atoms with Crippen molar-refractivity contribution in [3.8, 4) is 5.69 Å². The number of hydrogen-bond donors (Lipinski definition) is 2. The summed E-state index contributed by atoms with van der Waals surface area (Å²) in [6.45, 7) is 3.94. The lowest BCUT2D eigenvalue weighted by atomic mass is 10.2. The molecule has 1 aromatic carbocycles. The van der Waals surface area contributed by atoms with Crippen molar-refractivity contribution >= 4 is 21.7 Å². The molecule has 134 valence electrons. The normalized spacial score (nSPS) is 17.2. The van der Waals surface area contributed by atoms with Crippen molar-refractivity contribution in [1.29, 1.82) is 0 Å². The molecule has 0 aliphatic carbocycles. The van der Waals surface area contributed by atoms with Crippen LogP contribution in [0.2, 0.25) is 0 Å². The van der Waals surface area contributed by atoms with E-state index in [0.29, 0.717) is 18.7 Å². The van der Waals surface area contributed by atoms with E-state index in [1.54, 1.807) is 10.7 Å². The summed E-state index contributed by atoms with van der Waals surface area (Å²) in [7, 11) is -2.93. The van der Waals surface area contributed by atoms with Crippen molar-refractivity contribution in [3.63, 3.8) is 0 Å². The van der Waals surface area contributed by atoms with Gasteiger partial charge < -0.3 is 5.32 Å². The van der Waals surface area contributed by atoms with Gasteiger partial charge in [0.05, 0.1) is 17.2 Å². The van der Waals surface area contributed by atoms with Crippen LogP contribution >= 0.6 is 0 Å². The molecule has 1 fully saturated rings. The number of carbonyl (C=O) groups is 1. The van der Waals surface area contributed by atoms with Crippen molar-refractivity contribution in [2.45, 2.75) is 32.7 Å². The van der Waals surface area contributed by atoms with E-state index in [1.165, 1.54) is 5.56 Å². The van der Waals surface area contributed by atoms with Crippen LogP contribution in [0.15, 0.2) is 30.3 Å². The number of nitrogens with zero attached hydrogens (tertiary/aromatic N) is 2. The van der Waals surface area contributed by atoms with Crippen LogP contribution in [0.4, 0.5) is 10.6 Å². The third-order valence-electron chi connectivity index (χ3n) is 4.30. The molecule has 1 aromatic heterocycles. The summed E-state index contributed by atoms with van der Waals surface area (Å²) in [4.78, 5) is 12.1. The van der Waals surface area contributed by atoms with Gasteiger partial charge in [-0.2, -0.15) is 0 Å². The molecule has 0 saturated carbocycles. The molecule has 0 radical (unpaired) electrons. The molecule has 0 atom stereocenters. The summed E-state index contributed by atoms with van der Waals surface area (Å²) in [6, 6.07) is 9.27. The molecule has 1 saturated heterocycles. The Labute approximate surface area is 147 Å². The molecule has 8 heteroatoms. The van der Waals surface area contributed by atoms with Gasteiger partial charge in [-0.15, -0.1) is 5.10 Å². The van der Waals surface area contributed by atoms with Crippen LogP contribution in [-0.2, 0) is 9.84 Å². The minimum atomic E-state index is -2.93. The second kappa shape index (κ2) is 6.87. The summed E-state index contributed by atoms with van der Waals surface area (Å²) in [5.41, 5.74) is 3.00. The van der Waals surface area contributed by atoms with Gasteiger partial charge in [-0.1, -0.05) is 17.7 Å². The van der Waals surface area contributed by atoms with E-state index in [-0.39, 0.29) is 23.6 Å². The Kier molecular flexibility index (Phi) is 4.80. The summed E-state index contributed by atoms with van der Waals surface area (Å²) < 4.78 is 24.6. The highest BCUT2D eigenvalue weighted by Crippen LogP contribution is 2.16. The van der Waals surface area contributed by atoms with Crippen LogP contribution < -0.4 is 10.6 Å². The third kappa shape index (κ3) is 4.39. The molecule has 2 amide bonds. The number of sulfone groups is 1. The molecule has 2 heterocycles. The first-order chi connectivity index (χ1) is 11.8. The molecule has 2 aromatic rings.